The molecule has 1 aliphatic carbocycles. The van der Waals surface area contributed by atoms with Gasteiger partial charge in [0.05, 0.1) is 16.2 Å². The van der Waals surface area contributed by atoms with Crippen LogP contribution in [0.3, 0.4) is 0 Å². The molecular weight excluding hydrogens is 393 g/mol. The number of aromatic nitrogens is 2. The van der Waals surface area contributed by atoms with Crippen LogP contribution in [0.2, 0.25) is 5.02 Å². The van der Waals surface area contributed by atoms with Crippen molar-refractivity contribution in [2.24, 2.45) is 5.92 Å². The molecule has 8 heteroatoms. The van der Waals surface area contributed by atoms with Crippen LogP contribution >= 0.6 is 11.6 Å². The molecule has 6 nitrogen and oxygen atoms in total. The maximum Gasteiger partial charge on any atom is 0.144 e. The van der Waals surface area contributed by atoms with E-state index in [1.165, 1.54) is 29.6 Å². The van der Waals surface area contributed by atoms with Gasteiger partial charge < -0.3 is 20.7 Å². The van der Waals surface area contributed by atoms with E-state index >= 15 is 0 Å². The summed E-state index contributed by atoms with van der Waals surface area (Å²) in [6.07, 6.45) is 1.46. The third kappa shape index (κ3) is 3.36. The lowest BCUT2D eigenvalue weighted by Gasteiger charge is -2.13. The monoisotopic (exact) mass is 411 g/mol. The summed E-state index contributed by atoms with van der Waals surface area (Å²) in [5.41, 5.74) is 11.0. The van der Waals surface area contributed by atoms with Crippen LogP contribution in [-0.4, -0.2) is 41.6 Å². The number of nitrogens with one attached hydrogen (secondary N) is 1. The van der Waals surface area contributed by atoms with Gasteiger partial charge in [-0.3, -0.25) is 0 Å². The quantitative estimate of drug-likeness (QED) is 0.488. The van der Waals surface area contributed by atoms with Gasteiger partial charge >= 0.3 is 0 Å². The van der Waals surface area contributed by atoms with Gasteiger partial charge in [-0.25, -0.2) is 14.4 Å². The Bertz CT molecular complexity index is 1170. The largest absolute Gasteiger partial charge is 0.487 e. The average Bonchev–Trinajstić information content (AvgIpc) is 3.15. The SMILES string of the molecule is CN1CC2=C(COc3cc4ncnc(Nc5ccc(F)c(Cl)c5)c4cc3N)C2C1. The topological polar surface area (TPSA) is 76.3 Å². The number of likely N-dealkylation sites (tertiary alicyclic amines) is 1. The molecule has 1 aromatic heterocycles. The van der Waals surface area contributed by atoms with Crippen LogP contribution in [0.4, 0.5) is 21.6 Å². The number of hydrogen-bond acceptors (Lipinski definition) is 6. The van der Waals surface area contributed by atoms with Crippen LogP contribution in [0, 0.1) is 11.7 Å². The first kappa shape index (κ1) is 18.1. The van der Waals surface area contributed by atoms with Crippen LogP contribution in [0.1, 0.15) is 0 Å². The lowest BCUT2D eigenvalue weighted by molar-refractivity contribution is 0.340. The highest BCUT2D eigenvalue weighted by Crippen LogP contribution is 2.45. The molecule has 1 aliphatic heterocycles. The minimum Gasteiger partial charge on any atom is -0.487 e. The number of hydrogen-bond donors (Lipinski definition) is 2. The van der Waals surface area contributed by atoms with Crippen molar-refractivity contribution in [3.05, 3.63) is 58.6 Å². The number of nitrogen functional groups attached to an aromatic ring is 1. The number of ether oxygens (including phenoxy) is 1. The molecule has 2 heterocycles. The number of likely N-dealkylation sites (N-methyl/N-ethyl adjacent to an activating group) is 1. The Balaban J connectivity index is 1.38. The van der Waals surface area contributed by atoms with Gasteiger partial charge in [-0.15, -0.1) is 0 Å². The third-order valence-electron chi connectivity index (χ3n) is 5.44. The number of fused-ring (bicyclic) bond motifs is 2. The first-order chi connectivity index (χ1) is 14.0. The Morgan fingerprint density at radius 1 is 1.31 bits per heavy atom. The predicted molar refractivity (Wildman–Crippen MR) is 112 cm³/mol. The van der Waals surface area contributed by atoms with Crippen molar-refractivity contribution in [2.75, 3.05) is 37.8 Å². The lowest BCUT2D eigenvalue weighted by Crippen LogP contribution is -2.16. The van der Waals surface area contributed by atoms with Crippen LogP contribution in [0.25, 0.3) is 10.9 Å². The maximum absolute atomic E-state index is 13.4. The molecule has 5 rings (SSSR count). The van der Waals surface area contributed by atoms with Gasteiger partial charge in [-0.1, -0.05) is 11.6 Å². The van der Waals surface area contributed by atoms with Crippen molar-refractivity contribution >= 4 is 39.7 Å². The van der Waals surface area contributed by atoms with Crippen molar-refractivity contribution in [1.82, 2.24) is 14.9 Å². The molecule has 0 amide bonds. The highest BCUT2D eigenvalue weighted by Gasteiger charge is 2.42. The molecule has 148 valence electrons. The molecule has 3 aromatic rings. The average molecular weight is 412 g/mol. The van der Waals surface area contributed by atoms with E-state index in [1.807, 2.05) is 6.07 Å². The molecule has 1 unspecified atom stereocenters. The first-order valence-corrected chi connectivity index (χ1v) is 9.67. The lowest BCUT2D eigenvalue weighted by atomic mass is 10.2. The zero-order valence-corrected chi connectivity index (χ0v) is 16.5. The summed E-state index contributed by atoms with van der Waals surface area (Å²) in [4.78, 5) is 10.9. The molecule has 3 N–H and O–H groups in total. The van der Waals surface area contributed by atoms with Crippen molar-refractivity contribution < 1.29 is 9.13 Å². The summed E-state index contributed by atoms with van der Waals surface area (Å²) in [7, 11) is 2.13. The van der Waals surface area contributed by atoms with Gasteiger partial charge in [-0.2, -0.15) is 0 Å². The Morgan fingerprint density at radius 3 is 2.93 bits per heavy atom. The van der Waals surface area contributed by atoms with E-state index in [2.05, 4.69) is 27.2 Å². The van der Waals surface area contributed by atoms with Gasteiger partial charge in [0.25, 0.3) is 0 Å². The van der Waals surface area contributed by atoms with E-state index in [0.29, 0.717) is 41.0 Å². The molecule has 0 radical (unpaired) electrons. The number of halogens is 2. The normalized spacial score (nSPS) is 18.2. The summed E-state index contributed by atoms with van der Waals surface area (Å²) in [5, 5.41) is 3.92. The fraction of sp³-hybridized carbons (Fsp3) is 0.238. The first-order valence-electron chi connectivity index (χ1n) is 9.29. The fourth-order valence-electron chi connectivity index (χ4n) is 3.86. The molecule has 1 saturated heterocycles. The smallest absolute Gasteiger partial charge is 0.144 e. The van der Waals surface area contributed by atoms with Crippen LogP contribution in [-0.2, 0) is 0 Å². The zero-order chi connectivity index (χ0) is 20.1. The summed E-state index contributed by atoms with van der Waals surface area (Å²) >= 11 is 5.86. The highest BCUT2D eigenvalue weighted by atomic mass is 35.5. The van der Waals surface area contributed by atoms with Crippen LogP contribution in [0.5, 0.6) is 5.75 Å². The van der Waals surface area contributed by atoms with Gasteiger partial charge in [-0.05, 0) is 42.5 Å². The van der Waals surface area contributed by atoms with E-state index in [0.717, 1.165) is 18.5 Å². The van der Waals surface area contributed by atoms with Crippen molar-refractivity contribution in [3.63, 3.8) is 0 Å². The zero-order valence-electron chi connectivity index (χ0n) is 15.7. The molecule has 1 atom stereocenters. The number of rotatable bonds is 5. The van der Waals surface area contributed by atoms with Crippen molar-refractivity contribution in [2.45, 2.75) is 0 Å². The Labute approximate surface area is 172 Å². The maximum atomic E-state index is 13.4. The number of anilines is 3. The standard InChI is InChI=1S/C21H19ClFN5O/c1-28-7-13-14(8-28)15(13)9-29-20-6-19-12(5-18(20)24)21(26-10-25-19)27-11-2-3-17(23)16(22)4-11/h2-6,10,13H,7-9,24H2,1H3,(H,25,26,27). The van der Waals surface area contributed by atoms with E-state index in [-0.39, 0.29) is 5.02 Å². The predicted octanol–water partition coefficient (Wildman–Crippen LogP) is 4.00. The summed E-state index contributed by atoms with van der Waals surface area (Å²) in [5.74, 6) is 1.28. The number of nitrogens with two attached hydrogens (primary N) is 1. The second-order valence-electron chi connectivity index (χ2n) is 7.47. The van der Waals surface area contributed by atoms with E-state index in [4.69, 9.17) is 22.1 Å². The number of benzene rings is 2. The third-order valence-corrected chi connectivity index (χ3v) is 5.73. The summed E-state index contributed by atoms with van der Waals surface area (Å²) < 4.78 is 19.4. The van der Waals surface area contributed by atoms with Crippen LogP contribution < -0.4 is 15.8 Å². The van der Waals surface area contributed by atoms with Gasteiger partial charge in [0, 0.05) is 36.1 Å². The molecule has 2 aliphatic rings. The second-order valence-corrected chi connectivity index (χ2v) is 7.88. The van der Waals surface area contributed by atoms with E-state index in [9.17, 15) is 4.39 Å². The van der Waals surface area contributed by atoms with Gasteiger partial charge in [0.15, 0.2) is 0 Å². The summed E-state index contributed by atoms with van der Waals surface area (Å²) in [6, 6.07) is 8.01. The molecule has 0 saturated carbocycles. The van der Waals surface area contributed by atoms with Gasteiger partial charge in [0.2, 0.25) is 0 Å². The minimum atomic E-state index is -0.474. The van der Waals surface area contributed by atoms with Crippen molar-refractivity contribution in [3.8, 4) is 5.75 Å². The highest BCUT2D eigenvalue weighted by molar-refractivity contribution is 6.31. The fourth-order valence-corrected chi connectivity index (χ4v) is 4.04. The Hall–Kier alpha value is -2.90. The Morgan fingerprint density at radius 2 is 2.17 bits per heavy atom. The molecular formula is C21H19ClFN5O. The molecule has 2 aromatic carbocycles. The van der Waals surface area contributed by atoms with E-state index < -0.39 is 5.82 Å². The van der Waals surface area contributed by atoms with Crippen LogP contribution in [0.15, 0.2) is 47.8 Å². The number of nitrogens with zero attached hydrogens (tertiary/aromatic N) is 3. The molecule has 0 spiro atoms. The van der Waals surface area contributed by atoms with Crippen molar-refractivity contribution in [1.29, 1.82) is 0 Å². The van der Waals surface area contributed by atoms with Gasteiger partial charge in [0.1, 0.15) is 30.3 Å². The molecule has 0 bridgehead atoms. The summed E-state index contributed by atoms with van der Waals surface area (Å²) in [6.45, 7) is 2.68. The van der Waals surface area contributed by atoms with E-state index in [1.54, 1.807) is 12.1 Å². The molecule has 1 fully saturated rings. The Kier molecular flexibility index (Phi) is 4.29. The molecule has 29 heavy (non-hydrogen) atoms. The minimum absolute atomic E-state index is 0.0370. The second kappa shape index (κ2) is 6.86.